The van der Waals surface area contributed by atoms with Crippen molar-refractivity contribution in [2.24, 2.45) is 51.8 Å². The van der Waals surface area contributed by atoms with Gasteiger partial charge in [0.2, 0.25) is 94.5 Å². The van der Waals surface area contributed by atoms with Crippen molar-refractivity contribution in [1.29, 1.82) is 10.8 Å². The molecule has 0 fully saturated rings. The molecule has 0 bridgehead atoms. The minimum absolute atomic E-state index is 0.0415. The van der Waals surface area contributed by atoms with Crippen molar-refractivity contribution in [1.82, 2.24) is 79.8 Å². The molecule has 0 aliphatic rings. The van der Waals surface area contributed by atoms with Crippen LogP contribution in [0.1, 0.15) is 134 Å². The summed E-state index contributed by atoms with van der Waals surface area (Å²) in [5, 5.41) is 53.4. The van der Waals surface area contributed by atoms with Gasteiger partial charge in [-0.3, -0.25) is 87.5 Å². The molecule has 0 aliphatic carbocycles. The second-order valence-corrected chi connectivity index (χ2v) is 28.2. The molecule has 0 saturated carbocycles. The number of hydrogen-bond acceptors (Lipinski definition) is 21. The van der Waals surface area contributed by atoms with Crippen LogP contribution in [0, 0.1) is 16.7 Å². The first-order valence-electron chi connectivity index (χ1n) is 38.7. The molecule has 3 aromatic carbocycles. The van der Waals surface area contributed by atoms with E-state index in [0.717, 1.165) is 0 Å². The highest BCUT2D eigenvalue weighted by Crippen LogP contribution is 2.15. The first-order valence-corrected chi connectivity index (χ1v) is 38.7. The van der Waals surface area contributed by atoms with Crippen LogP contribution in [0.4, 0.5) is 0 Å². The lowest BCUT2D eigenvalue weighted by Crippen LogP contribution is -2.60. The van der Waals surface area contributed by atoms with E-state index in [9.17, 15) is 76.7 Å². The van der Waals surface area contributed by atoms with E-state index in [4.69, 9.17) is 56.7 Å². The number of rotatable bonds is 56. The lowest BCUT2D eigenvalue weighted by molar-refractivity contribution is -0.136. The number of nitrogens with two attached hydrogens (primary N) is 8. The van der Waals surface area contributed by atoms with Gasteiger partial charge in [0.25, 0.3) is 0 Å². The van der Waals surface area contributed by atoms with Crippen LogP contribution in [0.25, 0.3) is 0 Å². The molecule has 33 N–H and O–H groups in total. The standard InChI is InChI=1S/C76H119N25O16/c1-5-43(2)62(74(117)97-53(30-20-36-88-76(85)86)69(112)99-55(66(109)89-41-60(82)104)38-47-23-11-7-12-24-47)101-71(114)51(28-16-18-34-78)95-70(113)54(31-32-58(80)102)93-61(105)42-90-63(106)44(3)91-67(110)50(27-15-17-33-77)94-64(107)45(4)92-68(111)52(29-19-35-87-75(83)84)96-72(115)56(39-48-25-13-8-14-26-48)100-73(116)57(40-59(81)103)98-65(108)49(79)37-46-21-9-6-10-22-46/h6-14,21-26,43-45,49-57,62H,5,15-20,27-42,77-79H2,1-4H3,(H2,80,102)(H2,81,103)(H2,82,104)(H,89,109)(H,90,106)(H,91,110)(H,92,111)(H,93,105)(H,94,107)(H,95,113)(H,96,115)(H,97,117)(H,98,108)(H,99,112)(H,100,116)(H,101,114)(H4,83,84,87)(H4,85,86,88)/t43-,44-,45-,49-,50-,51-,52-,53-,54-,55-,56-,57-,62-/m0/s1. The summed E-state index contributed by atoms with van der Waals surface area (Å²) in [7, 11) is 0. The van der Waals surface area contributed by atoms with Crippen LogP contribution in [0.15, 0.2) is 91.0 Å². The van der Waals surface area contributed by atoms with Gasteiger partial charge < -0.3 is 126 Å². The van der Waals surface area contributed by atoms with Crippen LogP contribution in [-0.2, 0) is 96.0 Å². The van der Waals surface area contributed by atoms with E-state index in [1.165, 1.54) is 13.8 Å². The molecule has 644 valence electrons. The van der Waals surface area contributed by atoms with Crippen molar-refractivity contribution in [3.63, 3.8) is 0 Å². The average molecular weight is 1640 g/mol. The molecule has 41 nitrogen and oxygen atoms in total. The highest BCUT2D eigenvalue weighted by Gasteiger charge is 2.37. The number of benzene rings is 3. The molecule has 0 radical (unpaired) electrons. The molecule has 117 heavy (non-hydrogen) atoms. The molecule has 0 aliphatic heterocycles. The predicted molar refractivity (Wildman–Crippen MR) is 432 cm³/mol. The summed E-state index contributed by atoms with van der Waals surface area (Å²) < 4.78 is 0. The second-order valence-electron chi connectivity index (χ2n) is 28.2. The summed E-state index contributed by atoms with van der Waals surface area (Å²) in [5.41, 5.74) is 46.9. The fraction of sp³-hybridized carbons (Fsp3) is 0.526. The molecule has 41 heteroatoms. The normalized spacial score (nSPS) is 14.2. The molecule has 0 unspecified atom stereocenters. The molecule has 0 heterocycles. The Kier molecular flexibility index (Phi) is 45.3. The van der Waals surface area contributed by atoms with Gasteiger partial charge in [-0.25, -0.2) is 0 Å². The third kappa shape index (κ3) is 39.5. The van der Waals surface area contributed by atoms with Gasteiger partial charge in [-0.15, -0.1) is 0 Å². The molecule has 0 aromatic heterocycles. The van der Waals surface area contributed by atoms with E-state index in [-0.39, 0.29) is 109 Å². The number of amides is 16. The van der Waals surface area contributed by atoms with Crippen molar-refractivity contribution in [2.45, 2.75) is 209 Å². The molecule has 3 aromatic rings. The van der Waals surface area contributed by atoms with E-state index in [1.54, 1.807) is 105 Å². The Balaban J connectivity index is 1.81. The van der Waals surface area contributed by atoms with E-state index >= 15 is 0 Å². The highest BCUT2D eigenvalue weighted by molar-refractivity contribution is 6.00. The number of carbonyl (C=O) groups excluding carboxylic acids is 16. The van der Waals surface area contributed by atoms with Crippen LogP contribution in [0.3, 0.4) is 0 Å². The van der Waals surface area contributed by atoms with Gasteiger partial charge in [-0.05, 0) is 127 Å². The predicted octanol–water partition coefficient (Wildman–Crippen LogP) is -6.90. The van der Waals surface area contributed by atoms with Gasteiger partial charge in [-0.1, -0.05) is 111 Å². The van der Waals surface area contributed by atoms with Gasteiger partial charge in [0, 0.05) is 32.4 Å². The lowest BCUT2D eigenvalue weighted by atomic mass is 9.96. The number of unbranched alkanes of at least 4 members (excludes halogenated alkanes) is 2. The monoisotopic (exact) mass is 1640 g/mol. The van der Waals surface area contributed by atoms with Crippen molar-refractivity contribution in [2.75, 3.05) is 39.3 Å². The summed E-state index contributed by atoms with van der Waals surface area (Å²) >= 11 is 0. The molecule has 3 rings (SSSR count). The van der Waals surface area contributed by atoms with Crippen LogP contribution in [0.5, 0.6) is 0 Å². The Morgan fingerprint density at radius 3 is 1.13 bits per heavy atom. The van der Waals surface area contributed by atoms with Crippen LogP contribution in [-0.4, -0.2) is 218 Å². The van der Waals surface area contributed by atoms with Crippen molar-refractivity contribution in [3.05, 3.63) is 108 Å². The van der Waals surface area contributed by atoms with Crippen molar-refractivity contribution >= 4 is 106 Å². The minimum Gasteiger partial charge on any atom is -0.370 e. The lowest BCUT2D eigenvalue weighted by Gasteiger charge is -2.29. The number of guanidine groups is 2. The Morgan fingerprint density at radius 1 is 0.342 bits per heavy atom. The number of hydrogen-bond donors (Lipinski definition) is 25. The zero-order valence-corrected chi connectivity index (χ0v) is 66.6. The van der Waals surface area contributed by atoms with Gasteiger partial charge in [-0.2, -0.15) is 0 Å². The quantitative estimate of drug-likeness (QED) is 0.0142. The summed E-state index contributed by atoms with van der Waals surface area (Å²) in [6, 6.07) is 8.70. The van der Waals surface area contributed by atoms with E-state index in [1.807, 2.05) is 0 Å². The third-order valence-electron chi connectivity index (χ3n) is 18.4. The fourth-order valence-corrected chi connectivity index (χ4v) is 11.7. The molecule has 0 saturated heterocycles. The minimum atomic E-state index is -1.61. The molecule has 13 atom stereocenters. The SMILES string of the molecule is CC[C@H](C)[C@H](NC(=O)[C@H](CCCCN)NC(=O)[C@H](CCC(N)=O)NC(=O)CNC(=O)[C@H](C)NC(=O)[C@H](CCCCN)NC(=O)[C@H](C)NC(=O)[C@H](CCCNC(=N)N)NC(=O)[C@H](Cc1ccccc1)NC(=O)[C@H](CC(N)=O)NC(=O)[C@@H](N)Cc1ccccc1)C(=O)N[C@@H](CCCNC(=N)N)C(=O)N[C@@H](Cc1ccccc1)C(=O)NCC(N)=O. The molecular formula is C76H119N25O16. The summed E-state index contributed by atoms with van der Waals surface area (Å²) in [6.45, 7) is 5.03. The maximum Gasteiger partial charge on any atom is 0.243 e. The Labute approximate surface area is 679 Å². The van der Waals surface area contributed by atoms with Crippen molar-refractivity contribution < 1.29 is 76.7 Å². The fourth-order valence-electron chi connectivity index (χ4n) is 11.7. The molecule has 16 amide bonds. The zero-order valence-electron chi connectivity index (χ0n) is 66.6. The van der Waals surface area contributed by atoms with Crippen LogP contribution in [0.2, 0.25) is 0 Å². The van der Waals surface area contributed by atoms with Gasteiger partial charge >= 0.3 is 0 Å². The summed E-state index contributed by atoms with van der Waals surface area (Å²) in [5.74, 6) is -15.8. The van der Waals surface area contributed by atoms with Crippen molar-refractivity contribution in [3.8, 4) is 0 Å². The first-order chi connectivity index (χ1) is 55.5. The van der Waals surface area contributed by atoms with E-state index < -0.39 is 211 Å². The third-order valence-corrected chi connectivity index (χ3v) is 18.4. The Bertz CT molecular complexity index is 3810. The Morgan fingerprint density at radius 2 is 0.701 bits per heavy atom. The molecule has 0 spiro atoms. The second kappa shape index (κ2) is 53.6. The number of carbonyl (C=O) groups is 16. The topological polar surface area (TPSA) is 709 Å². The maximum atomic E-state index is 14.5. The zero-order chi connectivity index (χ0) is 87.1. The van der Waals surface area contributed by atoms with Gasteiger partial charge in [0.05, 0.1) is 25.6 Å². The van der Waals surface area contributed by atoms with E-state index in [0.29, 0.717) is 29.5 Å². The van der Waals surface area contributed by atoms with E-state index in [2.05, 4.69) is 79.8 Å². The number of nitrogens with one attached hydrogen (secondary N) is 17. The molecular weight excluding hydrogens is 1520 g/mol. The first kappa shape index (κ1) is 98.8. The summed E-state index contributed by atoms with van der Waals surface area (Å²) in [4.78, 5) is 218. The summed E-state index contributed by atoms with van der Waals surface area (Å²) in [6.07, 6.45) is -0.291. The van der Waals surface area contributed by atoms with Crippen LogP contribution >= 0.6 is 0 Å². The number of primary amides is 3. The Hall–Kier alpha value is -12.4. The van der Waals surface area contributed by atoms with Gasteiger partial charge in [0.1, 0.15) is 66.5 Å². The largest absolute Gasteiger partial charge is 0.370 e. The van der Waals surface area contributed by atoms with Crippen LogP contribution < -0.4 is 126 Å². The average Bonchev–Trinajstić information content (AvgIpc) is 0.849. The maximum absolute atomic E-state index is 14.5. The highest BCUT2D eigenvalue weighted by atomic mass is 16.2. The smallest absolute Gasteiger partial charge is 0.243 e. The van der Waals surface area contributed by atoms with Gasteiger partial charge in [0.15, 0.2) is 11.9 Å².